The molecule has 5 nitrogen and oxygen atoms in total. The summed E-state index contributed by atoms with van der Waals surface area (Å²) in [7, 11) is 0. The van der Waals surface area contributed by atoms with Crippen LogP contribution in [0.2, 0.25) is 0 Å². The van der Waals surface area contributed by atoms with Crippen LogP contribution in [0.4, 0.5) is 0 Å². The van der Waals surface area contributed by atoms with Crippen molar-refractivity contribution in [2.75, 3.05) is 12.0 Å². The highest BCUT2D eigenvalue weighted by Crippen LogP contribution is 2.34. The van der Waals surface area contributed by atoms with Gasteiger partial charge in [0.25, 0.3) is 5.91 Å². The largest absolute Gasteiger partial charge is 0.480 e. The molecule has 0 saturated carbocycles. The van der Waals surface area contributed by atoms with Crippen LogP contribution in [0.1, 0.15) is 47.3 Å². The van der Waals surface area contributed by atoms with Crippen molar-refractivity contribution < 1.29 is 14.7 Å². The van der Waals surface area contributed by atoms with E-state index >= 15 is 0 Å². The maximum Gasteiger partial charge on any atom is 0.326 e. The lowest BCUT2D eigenvalue weighted by atomic mass is 9.89. The predicted molar refractivity (Wildman–Crippen MR) is 151 cm³/mol. The molecule has 0 radical (unpaired) electrons. The number of aliphatic carboxylic acids is 1. The third-order valence-electron chi connectivity index (χ3n) is 5.89. The van der Waals surface area contributed by atoms with Crippen LogP contribution >= 0.6 is 23.5 Å². The quantitative estimate of drug-likeness (QED) is 0.265. The molecule has 0 aliphatic carbocycles. The number of aryl methyl sites for hydroxylation is 1. The fourth-order valence-electron chi connectivity index (χ4n) is 4.06. The molecule has 3 rings (SSSR count). The highest BCUT2D eigenvalue weighted by atomic mass is 32.2. The van der Waals surface area contributed by atoms with Gasteiger partial charge in [-0.1, -0.05) is 38.1 Å². The van der Waals surface area contributed by atoms with Gasteiger partial charge in [0.1, 0.15) is 6.04 Å². The molecule has 3 aromatic rings. The number of nitrogens with zero attached hydrogens (tertiary/aromatic N) is 1. The van der Waals surface area contributed by atoms with Crippen molar-refractivity contribution in [2.24, 2.45) is 5.92 Å². The van der Waals surface area contributed by atoms with E-state index < -0.39 is 12.0 Å². The Bertz CT molecular complexity index is 1180. The van der Waals surface area contributed by atoms with E-state index in [-0.39, 0.29) is 5.91 Å². The molecule has 0 aliphatic heterocycles. The van der Waals surface area contributed by atoms with Crippen molar-refractivity contribution in [3.05, 3.63) is 83.2 Å². The van der Waals surface area contributed by atoms with Gasteiger partial charge in [-0.15, -0.1) is 11.8 Å². The number of pyridine rings is 1. The molecule has 1 heterocycles. The minimum atomic E-state index is -1.01. The number of rotatable bonds is 12. The highest BCUT2D eigenvalue weighted by Gasteiger charge is 2.24. The third kappa shape index (κ3) is 7.61. The number of amides is 1. The fraction of sp³-hybridized carbons (Fsp3) is 0.345. The first-order valence-corrected chi connectivity index (χ1v) is 14.4. The Kier molecular flexibility index (Phi) is 10.4. The maximum atomic E-state index is 13.6. The molecular formula is C29H34N2O3S2. The monoisotopic (exact) mass is 522 g/mol. The van der Waals surface area contributed by atoms with Crippen LogP contribution in [0.25, 0.3) is 11.1 Å². The van der Waals surface area contributed by atoms with Gasteiger partial charge in [-0.2, -0.15) is 11.8 Å². The molecule has 1 amide bonds. The van der Waals surface area contributed by atoms with Crippen LogP contribution < -0.4 is 5.32 Å². The van der Waals surface area contributed by atoms with Gasteiger partial charge in [0, 0.05) is 28.6 Å². The minimum Gasteiger partial charge on any atom is -0.480 e. The zero-order valence-corrected chi connectivity index (χ0v) is 22.9. The average Bonchev–Trinajstić information content (AvgIpc) is 2.86. The first-order chi connectivity index (χ1) is 17.3. The van der Waals surface area contributed by atoms with Crippen LogP contribution in [0.15, 0.2) is 65.8 Å². The van der Waals surface area contributed by atoms with Crippen molar-refractivity contribution in [1.82, 2.24) is 10.3 Å². The number of nitrogens with one attached hydrogen (secondary N) is 1. The zero-order valence-electron chi connectivity index (χ0n) is 21.3. The summed E-state index contributed by atoms with van der Waals surface area (Å²) in [6.07, 6.45) is 6.75. The van der Waals surface area contributed by atoms with Crippen LogP contribution in [0.3, 0.4) is 0 Å². The SMILES string of the molecule is CSCC[C@H](NC(=O)c1cc(CC(C)C)c(CSc2cccnc2)cc1-c1ccccc1C)C(=O)O. The number of hydrogen-bond donors (Lipinski definition) is 2. The normalized spacial score (nSPS) is 11.9. The number of aromatic nitrogens is 1. The van der Waals surface area contributed by atoms with Crippen molar-refractivity contribution in [3.63, 3.8) is 0 Å². The van der Waals surface area contributed by atoms with Crippen molar-refractivity contribution >= 4 is 35.4 Å². The first kappa shape index (κ1) is 27.8. The molecule has 0 bridgehead atoms. The Hall–Kier alpha value is -2.77. The summed E-state index contributed by atoms with van der Waals surface area (Å²) >= 11 is 3.28. The summed E-state index contributed by atoms with van der Waals surface area (Å²) in [6, 6.07) is 15.1. The van der Waals surface area contributed by atoms with Gasteiger partial charge in [-0.25, -0.2) is 4.79 Å². The number of carboxylic acid groups (broad SMARTS) is 1. The Morgan fingerprint density at radius 2 is 1.83 bits per heavy atom. The third-order valence-corrected chi connectivity index (χ3v) is 7.56. The second kappa shape index (κ2) is 13.5. The number of carboxylic acids is 1. The summed E-state index contributed by atoms with van der Waals surface area (Å²) in [5.41, 5.74) is 5.66. The molecule has 0 unspecified atom stereocenters. The van der Waals surface area contributed by atoms with E-state index in [2.05, 4.69) is 30.2 Å². The number of benzene rings is 2. The van der Waals surface area contributed by atoms with Crippen LogP contribution in [0, 0.1) is 12.8 Å². The van der Waals surface area contributed by atoms with E-state index in [4.69, 9.17) is 0 Å². The van der Waals surface area contributed by atoms with Crippen LogP contribution in [-0.2, 0) is 17.0 Å². The summed E-state index contributed by atoms with van der Waals surface area (Å²) < 4.78 is 0. The van der Waals surface area contributed by atoms with Crippen molar-refractivity contribution in [2.45, 2.75) is 50.3 Å². The molecule has 0 spiro atoms. The summed E-state index contributed by atoms with van der Waals surface area (Å²) in [5.74, 6) is 0.450. The maximum absolute atomic E-state index is 13.6. The lowest BCUT2D eigenvalue weighted by molar-refractivity contribution is -0.139. The molecule has 0 aliphatic rings. The lowest BCUT2D eigenvalue weighted by Gasteiger charge is -2.20. The molecule has 7 heteroatoms. The van der Waals surface area contributed by atoms with Gasteiger partial charge in [-0.05, 0) is 89.8 Å². The van der Waals surface area contributed by atoms with E-state index in [1.165, 1.54) is 5.56 Å². The van der Waals surface area contributed by atoms with Crippen molar-refractivity contribution in [1.29, 1.82) is 0 Å². The molecule has 0 fully saturated rings. The van der Waals surface area contributed by atoms with E-state index in [9.17, 15) is 14.7 Å². The smallest absolute Gasteiger partial charge is 0.326 e. The number of carbonyl (C=O) groups excluding carboxylic acids is 1. The van der Waals surface area contributed by atoms with Gasteiger partial charge in [0.2, 0.25) is 0 Å². The fourth-order valence-corrected chi connectivity index (χ4v) is 5.43. The predicted octanol–water partition coefficient (Wildman–Crippen LogP) is 6.48. The summed E-state index contributed by atoms with van der Waals surface area (Å²) in [4.78, 5) is 30.7. The standard InChI is InChI=1S/C29H34N2O3S2/c1-19(2)14-21-15-26(28(32)31-27(29(33)34)11-13-35-4)25(24-10-6-5-8-20(24)3)16-22(21)18-36-23-9-7-12-30-17-23/h5-10,12,15-17,19,27H,11,13-14,18H2,1-4H3,(H,31,32)(H,33,34)/t27-/m0/s1. The van der Waals surface area contributed by atoms with Crippen LogP contribution in [-0.4, -0.2) is 40.0 Å². The topological polar surface area (TPSA) is 79.3 Å². The Morgan fingerprint density at radius 1 is 1.06 bits per heavy atom. The molecule has 36 heavy (non-hydrogen) atoms. The van der Waals surface area contributed by atoms with E-state index in [1.807, 2.05) is 61.8 Å². The van der Waals surface area contributed by atoms with Crippen molar-refractivity contribution in [3.8, 4) is 11.1 Å². The molecule has 2 N–H and O–H groups in total. The van der Waals surface area contributed by atoms with Gasteiger partial charge < -0.3 is 10.4 Å². The number of hydrogen-bond acceptors (Lipinski definition) is 5. The van der Waals surface area contributed by atoms with Gasteiger partial charge in [0.15, 0.2) is 0 Å². The zero-order chi connectivity index (χ0) is 26.1. The minimum absolute atomic E-state index is 0.349. The Morgan fingerprint density at radius 3 is 2.47 bits per heavy atom. The number of thioether (sulfide) groups is 2. The van der Waals surface area contributed by atoms with Crippen LogP contribution in [0.5, 0.6) is 0 Å². The molecule has 190 valence electrons. The average molecular weight is 523 g/mol. The van der Waals surface area contributed by atoms with E-state index in [0.29, 0.717) is 23.7 Å². The molecule has 1 aromatic heterocycles. The van der Waals surface area contributed by atoms with E-state index in [0.717, 1.165) is 39.3 Å². The lowest BCUT2D eigenvalue weighted by Crippen LogP contribution is -2.41. The molecule has 1 atom stereocenters. The second-order valence-electron chi connectivity index (χ2n) is 9.20. The second-order valence-corrected chi connectivity index (χ2v) is 11.2. The van der Waals surface area contributed by atoms with Gasteiger partial charge >= 0.3 is 5.97 Å². The Labute approximate surface area is 222 Å². The molecular weight excluding hydrogens is 488 g/mol. The Balaban J connectivity index is 2.08. The summed E-state index contributed by atoms with van der Waals surface area (Å²) in [6.45, 7) is 6.35. The summed E-state index contributed by atoms with van der Waals surface area (Å²) in [5, 5.41) is 12.5. The van der Waals surface area contributed by atoms with E-state index in [1.54, 1.807) is 29.7 Å². The highest BCUT2D eigenvalue weighted by molar-refractivity contribution is 7.98. The number of carbonyl (C=O) groups is 2. The van der Waals surface area contributed by atoms with Gasteiger partial charge in [0.05, 0.1) is 0 Å². The molecule has 0 saturated heterocycles. The first-order valence-electron chi connectivity index (χ1n) is 12.1. The molecule has 2 aromatic carbocycles. The van der Waals surface area contributed by atoms with Gasteiger partial charge in [-0.3, -0.25) is 9.78 Å².